The number of esters is 1. The molecule has 28 heavy (non-hydrogen) atoms. The van der Waals surface area contributed by atoms with Crippen LogP contribution in [0, 0.1) is 46.3 Å². The fourth-order valence-corrected chi connectivity index (χ4v) is 8.40. The summed E-state index contributed by atoms with van der Waals surface area (Å²) in [5.41, 5.74) is 0.402. The molecule has 4 aliphatic carbocycles. The molecule has 1 N–H and O–H groups in total. The van der Waals surface area contributed by atoms with Gasteiger partial charge in [-0.25, -0.2) is 0 Å². The molecule has 3 saturated carbocycles. The Morgan fingerprint density at radius 1 is 1.21 bits per heavy atom. The lowest BCUT2D eigenvalue weighted by Gasteiger charge is -2.61. The summed E-state index contributed by atoms with van der Waals surface area (Å²) >= 11 is 0. The highest BCUT2D eigenvalue weighted by Gasteiger charge is 2.63. The van der Waals surface area contributed by atoms with Crippen LogP contribution in [-0.4, -0.2) is 24.3 Å². The monoisotopic (exact) mass is 388 g/mol. The van der Waals surface area contributed by atoms with Crippen LogP contribution in [0.3, 0.4) is 0 Å². The van der Waals surface area contributed by atoms with Gasteiger partial charge in [0.05, 0.1) is 13.2 Å². The van der Waals surface area contributed by atoms with E-state index < -0.39 is 0 Å². The lowest BCUT2D eigenvalue weighted by Crippen LogP contribution is -2.57. The average Bonchev–Trinajstić information content (AvgIpc) is 3.05. The molecule has 4 rings (SSSR count). The van der Waals surface area contributed by atoms with Crippen molar-refractivity contribution in [3.8, 4) is 0 Å². The largest absolute Gasteiger partial charge is 0.469 e. The Bertz CT molecular complexity index is 627. The summed E-state index contributed by atoms with van der Waals surface area (Å²) < 4.78 is 4.85. The highest BCUT2D eigenvalue weighted by Crippen LogP contribution is 2.67. The lowest BCUT2D eigenvalue weighted by molar-refractivity contribution is -0.159. The standard InChI is InChI=1S/C25H40O3/c1-16(8-13-23(27)28-4)19-11-12-20-18-10-9-17-7-5-6-14-24(17,2)21(18)15-22(26)25(19,20)3/h5,7,16-22,26H,6,8-15H2,1-4H3/t16-,17-,18-,19+,20-,21-,22-,24+,25-/m1/s1. The van der Waals surface area contributed by atoms with Crippen molar-refractivity contribution < 1.29 is 14.6 Å². The Morgan fingerprint density at radius 2 is 2.00 bits per heavy atom. The van der Waals surface area contributed by atoms with Gasteiger partial charge in [0, 0.05) is 6.42 Å². The first-order valence-corrected chi connectivity index (χ1v) is 11.7. The van der Waals surface area contributed by atoms with Gasteiger partial charge >= 0.3 is 5.97 Å². The number of allylic oxidation sites excluding steroid dienone is 2. The molecule has 0 aromatic rings. The molecule has 3 nitrogen and oxygen atoms in total. The van der Waals surface area contributed by atoms with Crippen molar-refractivity contribution in [3.63, 3.8) is 0 Å². The van der Waals surface area contributed by atoms with E-state index in [4.69, 9.17) is 4.74 Å². The van der Waals surface area contributed by atoms with Crippen LogP contribution >= 0.6 is 0 Å². The summed E-state index contributed by atoms with van der Waals surface area (Å²) in [5, 5.41) is 11.5. The molecule has 0 spiro atoms. The van der Waals surface area contributed by atoms with Crippen LogP contribution < -0.4 is 0 Å². The van der Waals surface area contributed by atoms with Crippen LogP contribution in [0.15, 0.2) is 12.2 Å². The van der Waals surface area contributed by atoms with E-state index in [-0.39, 0.29) is 17.5 Å². The first-order chi connectivity index (χ1) is 13.3. The summed E-state index contributed by atoms with van der Waals surface area (Å²) in [6.45, 7) is 7.21. The third-order valence-corrected chi connectivity index (χ3v) is 10.1. The lowest BCUT2D eigenvalue weighted by atomic mass is 9.44. The molecule has 0 aromatic carbocycles. The highest BCUT2D eigenvalue weighted by atomic mass is 16.5. The fraction of sp³-hybridized carbons (Fsp3) is 0.880. The van der Waals surface area contributed by atoms with E-state index in [1.807, 2.05) is 0 Å². The van der Waals surface area contributed by atoms with Gasteiger partial charge in [0.25, 0.3) is 0 Å². The van der Waals surface area contributed by atoms with Crippen LogP contribution in [0.2, 0.25) is 0 Å². The maximum atomic E-state index is 11.6. The molecular formula is C25H40O3. The molecule has 0 bridgehead atoms. The molecule has 4 aliphatic rings. The van der Waals surface area contributed by atoms with Gasteiger partial charge in [0.2, 0.25) is 0 Å². The third-order valence-electron chi connectivity index (χ3n) is 10.1. The maximum absolute atomic E-state index is 11.6. The van der Waals surface area contributed by atoms with E-state index in [1.165, 1.54) is 45.6 Å². The summed E-state index contributed by atoms with van der Waals surface area (Å²) in [5.74, 6) is 3.70. The van der Waals surface area contributed by atoms with Gasteiger partial charge in [0.15, 0.2) is 0 Å². The fourth-order valence-electron chi connectivity index (χ4n) is 8.40. The van der Waals surface area contributed by atoms with E-state index in [9.17, 15) is 9.90 Å². The number of aliphatic hydroxyl groups excluding tert-OH is 1. The normalized spacial score (nSPS) is 48.3. The van der Waals surface area contributed by atoms with Crippen LogP contribution in [0.5, 0.6) is 0 Å². The molecule has 0 amide bonds. The number of fused-ring (bicyclic) bond motifs is 5. The second-order valence-electron chi connectivity index (χ2n) is 10.9. The summed E-state index contributed by atoms with van der Waals surface area (Å²) in [6.07, 6.45) is 14.7. The van der Waals surface area contributed by atoms with Gasteiger partial charge in [-0.15, -0.1) is 0 Å². The number of hydrogen-bond acceptors (Lipinski definition) is 3. The minimum Gasteiger partial charge on any atom is -0.469 e. The van der Waals surface area contributed by atoms with Crippen molar-refractivity contribution in [2.45, 2.75) is 84.7 Å². The van der Waals surface area contributed by atoms with Crippen molar-refractivity contribution in [2.75, 3.05) is 7.11 Å². The Hall–Kier alpha value is -0.830. The second kappa shape index (κ2) is 7.45. The summed E-state index contributed by atoms with van der Waals surface area (Å²) in [6, 6.07) is 0. The number of methoxy groups -OCH3 is 1. The predicted octanol–water partition coefficient (Wildman–Crippen LogP) is 5.37. The van der Waals surface area contributed by atoms with E-state index in [2.05, 4.69) is 32.9 Å². The Balaban J connectivity index is 1.55. The molecular weight excluding hydrogens is 348 g/mol. The zero-order valence-corrected chi connectivity index (χ0v) is 18.3. The number of rotatable bonds is 4. The van der Waals surface area contributed by atoms with Gasteiger partial charge < -0.3 is 9.84 Å². The number of carbonyl (C=O) groups is 1. The van der Waals surface area contributed by atoms with E-state index in [1.54, 1.807) is 0 Å². The predicted molar refractivity (Wildman–Crippen MR) is 112 cm³/mol. The number of ether oxygens (including phenoxy) is 1. The highest BCUT2D eigenvalue weighted by molar-refractivity contribution is 5.69. The molecule has 3 fully saturated rings. The number of aliphatic hydroxyl groups is 1. The van der Waals surface area contributed by atoms with Crippen molar-refractivity contribution >= 4 is 5.97 Å². The van der Waals surface area contributed by atoms with Crippen molar-refractivity contribution in [1.82, 2.24) is 0 Å². The Morgan fingerprint density at radius 3 is 2.75 bits per heavy atom. The minimum absolute atomic E-state index is 0.0183. The first-order valence-electron chi connectivity index (χ1n) is 11.7. The molecule has 0 saturated heterocycles. The van der Waals surface area contributed by atoms with Gasteiger partial charge in [-0.2, -0.15) is 0 Å². The van der Waals surface area contributed by atoms with Crippen LogP contribution in [0.1, 0.15) is 78.6 Å². The third kappa shape index (κ3) is 2.99. The van der Waals surface area contributed by atoms with Gasteiger partial charge in [-0.3, -0.25) is 4.79 Å². The molecule has 0 radical (unpaired) electrons. The minimum atomic E-state index is -0.201. The van der Waals surface area contributed by atoms with E-state index >= 15 is 0 Å². The van der Waals surface area contributed by atoms with Gasteiger partial charge in [-0.05, 0) is 97.7 Å². The maximum Gasteiger partial charge on any atom is 0.305 e. The molecule has 158 valence electrons. The molecule has 0 aromatic heterocycles. The first kappa shape index (κ1) is 20.4. The van der Waals surface area contributed by atoms with Gasteiger partial charge in [-0.1, -0.05) is 32.9 Å². The average molecular weight is 389 g/mol. The van der Waals surface area contributed by atoms with Crippen LogP contribution in [0.25, 0.3) is 0 Å². The Kier molecular flexibility index (Phi) is 5.44. The number of hydrogen-bond donors (Lipinski definition) is 1. The molecule has 0 unspecified atom stereocenters. The molecule has 0 aliphatic heterocycles. The zero-order chi connectivity index (χ0) is 20.1. The summed E-state index contributed by atoms with van der Waals surface area (Å²) in [7, 11) is 1.47. The van der Waals surface area contributed by atoms with E-state index in [0.29, 0.717) is 35.5 Å². The topological polar surface area (TPSA) is 46.5 Å². The van der Waals surface area contributed by atoms with Crippen molar-refractivity contribution in [1.29, 1.82) is 0 Å². The van der Waals surface area contributed by atoms with E-state index in [0.717, 1.165) is 24.7 Å². The Labute approximate surface area is 171 Å². The summed E-state index contributed by atoms with van der Waals surface area (Å²) in [4.78, 5) is 11.6. The second-order valence-corrected chi connectivity index (χ2v) is 10.9. The smallest absolute Gasteiger partial charge is 0.305 e. The molecule has 3 heteroatoms. The quantitative estimate of drug-likeness (QED) is 0.520. The molecule has 0 heterocycles. The zero-order valence-electron chi connectivity index (χ0n) is 18.3. The number of carbonyl (C=O) groups excluding carboxylic acids is 1. The van der Waals surface area contributed by atoms with Crippen molar-refractivity contribution in [2.24, 2.45) is 46.3 Å². The van der Waals surface area contributed by atoms with Crippen LogP contribution in [-0.2, 0) is 9.53 Å². The molecule has 9 atom stereocenters. The van der Waals surface area contributed by atoms with Crippen molar-refractivity contribution in [3.05, 3.63) is 12.2 Å². The van der Waals surface area contributed by atoms with Gasteiger partial charge in [0.1, 0.15) is 0 Å². The van der Waals surface area contributed by atoms with Crippen LogP contribution in [0.4, 0.5) is 0 Å². The SMILES string of the molecule is COC(=O)CC[C@@H](C)[C@@H]1CC[C@@H]2[C@H]3CC[C@H]4C=CCC[C@]4(C)[C@@H]3C[C@@H](O)[C@@]21C.